The van der Waals surface area contributed by atoms with E-state index in [0.29, 0.717) is 0 Å². The van der Waals surface area contributed by atoms with Crippen LogP contribution in [0.25, 0.3) is 0 Å². The highest BCUT2D eigenvalue weighted by atomic mass is 127. The molecule has 1 aromatic carbocycles. The first-order chi connectivity index (χ1) is 7.18. The highest BCUT2D eigenvalue weighted by Gasteiger charge is 2.31. The molecule has 0 radical (unpaired) electrons. The fourth-order valence-corrected chi connectivity index (χ4v) is 2.53. The molecule has 82 valence electrons. The maximum Gasteiger partial charge on any atom is 0.0712 e. The summed E-state index contributed by atoms with van der Waals surface area (Å²) in [6, 6.07) is 10.3. The molecule has 0 unspecified atom stereocenters. The van der Waals surface area contributed by atoms with Gasteiger partial charge in [-0.2, -0.15) is 0 Å². The van der Waals surface area contributed by atoms with Crippen LogP contribution in [0, 0.1) is 0 Å². The van der Waals surface area contributed by atoms with Gasteiger partial charge in [0.2, 0.25) is 0 Å². The number of hydrogen-bond acceptors (Lipinski definition) is 2. The number of nitrogens with zero attached hydrogens (tertiary/aromatic N) is 1. The van der Waals surface area contributed by atoms with Gasteiger partial charge in [0.25, 0.3) is 0 Å². The van der Waals surface area contributed by atoms with E-state index in [-0.39, 0.29) is 0 Å². The summed E-state index contributed by atoms with van der Waals surface area (Å²) in [5.74, 6) is 0. The first-order valence-electron chi connectivity index (χ1n) is 5.35. The van der Waals surface area contributed by atoms with Crippen LogP contribution in [0.5, 0.6) is 0 Å². The number of rotatable bonds is 2. The predicted molar refractivity (Wildman–Crippen MR) is 69.9 cm³/mol. The molecule has 3 heteroatoms. The van der Waals surface area contributed by atoms with Crippen molar-refractivity contribution in [1.82, 2.24) is 3.11 Å². The molecular weight excluding hydrogens is 301 g/mol. The van der Waals surface area contributed by atoms with Gasteiger partial charge in [-0.25, -0.2) is 3.11 Å². The Kier molecular flexibility index (Phi) is 3.64. The first-order valence-corrected chi connectivity index (χ1v) is 6.31. The van der Waals surface area contributed by atoms with Crippen molar-refractivity contribution in [2.75, 3.05) is 13.1 Å². The SMILES string of the molecule is OC1(Cc2ccccc2)CCN(I)CC1. The topological polar surface area (TPSA) is 23.5 Å². The van der Waals surface area contributed by atoms with Gasteiger partial charge >= 0.3 is 0 Å². The summed E-state index contributed by atoms with van der Waals surface area (Å²) >= 11 is 2.33. The lowest BCUT2D eigenvalue weighted by atomic mass is 9.86. The molecule has 15 heavy (non-hydrogen) atoms. The molecule has 0 spiro atoms. The summed E-state index contributed by atoms with van der Waals surface area (Å²) in [4.78, 5) is 0. The number of benzene rings is 1. The Bertz CT molecular complexity index is 307. The van der Waals surface area contributed by atoms with Crippen LogP contribution in [0.4, 0.5) is 0 Å². The van der Waals surface area contributed by atoms with E-state index in [2.05, 4.69) is 38.1 Å². The van der Waals surface area contributed by atoms with Crippen molar-refractivity contribution >= 4 is 22.9 Å². The minimum atomic E-state index is -0.483. The van der Waals surface area contributed by atoms with Crippen molar-refractivity contribution in [3.63, 3.8) is 0 Å². The lowest BCUT2D eigenvalue weighted by Crippen LogP contribution is -2.42. The molecule has 1 aromatic rings. The predicted octanol–water partition coefficient (Wildman–Crippen LogP) is 2.41. The summed E-state index contributed by atoms with van der Waals surface area (Å²) in [7, 11) is 0. The van der Waals surface area contributed by atoms with Crippen molar-refractivity contribution in [1.29, 1.82) is 0 Å². The minimum absolute atomic E-state index is 0.483. The normalized spacial score (nSPS) is 21.5. The van der Waals surface area contributed by atoms with E-state index >= 15 is 0 Å². The second kappa shape index (κ2) is 4.80. The van der Waals surface area contributed by atoms with Crippen LogP contribution in [-0.2, 0) is 6.42 Å². The fraction of sp³-hybridized carbons (Fsp3) is 0.500. The average molecular weight is 317 g/mol. The van der Waals surface area contributed by atoms with Crippen molar-refractivity contribution in [2.24, 2.45) is 0 Å². The fourth-order valence-electron chi connectivity index (χ4n) is 2.05. The van der Waals surface area contributed by atoms with Crippen LogP contribution < -0.4 is 0 Å². The van der Waals surface area contributed by atoms with Crippen LogP contribution in [0.2, 0.25) is 0 Å². The zero-order valence-corrected chi connectivity index (χ0v) is 10.9. The smallest absolute Gasteiger partial charge is 0.0712 e. The molecule has 0 saturated carbocycles. The van der Waals surface area contributed by atoms with Crippen LogP contribution in [0.1, 0.15) is 18.4 Å². The van der Waals surface area contributed by atoms with Gasteiger partial charge in [0.1, 0.15) is 0 Å². The van der Waals surface area contributed by atoms with Gasteiger partial charge in [-0.15, -0.1) is 0 Å². The van der Waals surface area contributed by atoms with Crippen LogP contribution >= 0.6 is 22.9 Å². The van der Waals surface area contributed by atoms with Gasteiger partial charge in [-0.1, -0.05) is 30.3 Å². The van der Waals surface area contributed by atoms with E-state index in [1.165, 1.54) is 5.56 Å². The van der Waals surface area contributed by atoms with E-state index in [4.69, 9.17) is 0 Å². The third-order valence-electron chi connectivity index (χ3n) is 3.02. The summed E-state index contributed by atoms with van der Waals surface area (Å²) < 4.78 is 2.25. The van der Waals surface area contributed by atoms with Crippen molar-refractivity contribution in [3.8, 4) is 0 Å². The Hall–Kier alpha value is -0.130. The van der Waals surface area contributed by atoms with Gasteiger partial charge in [0, 0.05) is 42.4 Å². The number of aliphatic hydroxyl groups is 1. The largest absolute Gasteiger partial charge is 0.389 e. The quantitative estimate of drug-likeness (QED) is 0.669. The molecule has 0 amide bonds. The molecule has 1 fully saturated rings. The zero-order valence-electron chi connectivity index (χ0n) is 8.69. The summed E-state index contributed by atoms with van der Waals surface area (Å²) in [6.07, 6.45) is 2.55. The molecule has 0 aromatic heterocycles. The second-order valence-electron chi connectivity index (χ2n) is 4.30. The number of hydrogen-bond donors (Lipinski definition) is 1. The molecule has 0 aliphatic carbocycles. The molecule has 1 saturated heterocycles. The highest BCUT2D eigenvalue weighted by Crippen LogP contribution is 2.27. The Morgan fingerprint density at radius 3 is 2.40 bits per heavy atom. The van der Waals surface area contributed by atoms with Gasteiger partial charge in [-0.3, -0.25) is 0 Å². The van der Waals surface area contributed by atoms with Gasteiger partial charge < -0.3 is 5.11 Å². The average Bonchev–Trinajstić information content (AvgIpc) is 2.24. The van der Waals surface area contributed by atoms with E-state index in [1.54, 1.807) is 0 Å². The lowest BCUT2D eigenvalue weighted by Gasteiger charge is -2.35. The summed E-state index contributed by atoms with van der Waals surface area (Å²) in [5.41, 5.74) is 0.755. The van der Waals surface area contributed by atoms with E-state index in [9.17, 15) is 5.11 Å². The maximum atomic E-state index is 10.4. The Labute approximate surface area is 105 Å². The maximum absolute atomic E-state index is 10.4. The van der Waals surface area contributed by atoms with Crippen LogP contribution in [0.3, 0.4) is 0 Å². The number of halogens is 1. The zero-order chi connectivity index (χ0) is 10.7. The molecule has 1 N–H and O–H groups in total. The molecule has 0 bridgehead atoms. The van der Waals surface area contributed by atoms with E-state index in [0.717, 1.165) is 32.4 Å². The van der Waals surface area contributed by atoms with E-state index < -0.39 is 5.60 Å². The number of piperidine rings is 1. The van der Waals surface area contributed by atoms with Crippen LogP contribution in [-0.4, -0.2) is 26.9 Å². The summed E-state index contributed by atoms with van der Waals surface area (Å²) in [6.45, 7) is 1.98. The van der Waals surface area contributed by atoms with Crippen molar-refractivity contribution in [2.45, 2.75) is 24.9 Å². The van der Waals surface area contributed by atoms with Gasteiger partial charge in [0.15, 0.2) is 0 Å². The molecule has 1 aliphatic rings. The van der Waals surface area contributed by atoms with Crippen molar-refractivity contribution in [3.05, 3.63) is 35.9 Å². The molecule has 2 nitrogen and oxygen atoms in total. The molecule has 1 heterocycles. The standard InChI is InChI=1S/C12H16INO/c13-14-8-6-12(15,7-9-14)10-11-4-2-1-3-5-11/h1-5,15H,6-10H2. The third kappa shape index (κ3) is 3.16. The first kappa shape index (κ1) is 11.4. The molecule has 0 atom stereocenters. The molecular formula is C12H16INO. The Morgan fingerprint density at radius 1 is 1.20 bits per heavy atom. The second-order valence-corrected chi connectivity index (χ2v) is 5.66. The van der Waals surface area contributed by atoms with Crippen LogP contribution in [0.15, 0.2) is 30.3 Å². The monoisotopic (exact) mass is 317 g/mol. The molecule has 1 aliphatic heterocycles. The molecule has 2 rings (SSSR count). The Morgan fingerprint density at radius 2 is 1.80 bits per heavy atom. The lowest BCUT2D eigenvalue weighted by molar-refractivity contribution is -0.000103. The third-order valence-corrected chi connectivity index (χ3v) is 3.98. The highest BCUT2D eigenvalue weighted by molar-refractivity contribution is 14.1. The Balaban J connectivity index is 1.99. The van der Waals surface area contributed by atoms with E-state index in [1.807, 2.05) is 18.2 Å². The minimum Gasteiger partial charge on any atom is -0.389 e. The van der Waals surface area contributed by atoms with Gasteiger partial charge in [-0.05, 0) is 18.4 Å². The van der Waals surface area contributed by atoms with Gasteiger partial charge in [0.05, 0.1) is 5.60 Å². The van der Waals surface area contributed by atoms with Crippen molar-refractivity contribution < 1.29 is 5.11 Å². The summed E-state index contributed by atoms with van der Waals surface area (Å²) in [5, 5.41) is 10.4.